The second-order valence-electron chi connectivity index (χ2n) is 2.82. The molecule has 0 aliphatic carbocycles. The summed E-state index contributed by atoms with van der Waals surface area (Å²) in [4.78, 5) is 16.3. The van der Waals surface area contributed by atoms with E-state index in [-0.39, 0.29) is 5.91 Å². The van der Waals surface area contributed by atoms with Crippen molar-refractivity contribution >= 4 is 11.6 Å². The van der Waals surface area contributed by atoms with Crippen molar-refractivity contribution in [3.8, 4) is 5.75 Å². The highest BCUT2D eigenvalue weighted by Crippen LogP contribution is 2.19. The fraction of sp³-hybridized carbons (Fsp3) is 0.300. The number of nitrogens with two attached hydrogens (primary N) is 1. The number of ether oxygens (including phenoxy) is 1. The van der Waals surface area contributed by atoms with E-state index in [1.54, 1.807) is 25.1 Å². The minimum absolute atomic E-state index is 0.336. The molecule has 3 N–H and O–H groups in total. The van der Waals surface area contributed by atoms with Crippen molar-refractivity contribution in [2.75, 3.05) is 19.5 Å². The van der Waals surface area contributed by atoms with E-state index < -0.39 is 0 Å². The Morgan fingerprint density at radius 3 is 2.87 bits per heavy atom. The van der Waals surface area contributed by atoms with Crippen LogP contribution in [0.25, 0.3) is 0 Å². The van der Waals surface area contributed by atoms with Gasteiger partial charge in [-0.3, -0.25) is 9.63 Å². The zero-order valence-corrected chi connectivity index (χ0v) is 8.74. The normalized spacial score (nSPS) is 9.73. The topological polar surface area (TPSA) is 73.6 Å². The third kappa shape index (κ3) is 2.85. The van der Waals surface area contributed by atoms with E-state index in [1.165, 1.54) is 7.11 Å². The highest BCUT2D eigenvalue weighted by Gasteiger charge is 2.10. The van der Waals surface area contributed by atoms with E-state index in [0.717, 1.165) is 0 Å². The number of carbonyl (C=O) groups excluding carboxylic acids is 1. The Kier molecular flexibility index (Phi) is 3.93. The molecular formula is C10H14N2O3. The van der Waals surface area contributed by atoms with Crippen molar-refractivity contribution < 1.29 is 14.4 Å². The lowest BCUT2D eigenvalue weighted by molar-refractivity contribution is 0.0365. The fourth-order valence-corrected chi connectivity index (χ4v) is 1.05. The number of nitrogen functional groups attached to an aromatic ring is 1. The number of benzene rings is 1. The van der Waals surface area contributed by atoms with Crippen molar-refractivity contribution in [2.24, 2.45) is 0 Å². The monoisotopic (exact) mass is 210 g/mol. The van der Waals surface area contributed by atoms with E-state index in [1.807, 2.05) is 0 Å². The van der Waals surface area contributed by atoms with E-state index >= 15 is 0 Å². The van der Waals surface area contributed by atoms with Crippen molar-refractivity contribution in [1.82, 2.24) is 5.48 Å². The standard InChI is InChI=1S/C10H14N2O3/c1-3-15-12-10(13)8-6-7(14-2)4-5-9(8)11/h4-6H,3,11H2,1-2H3,(H,12,13). The van der Waals surface area contributed by atoms with Crippen LogP contribution in [0.1, 0.15) is 17.3 Å². The number of rotatable bonds is 4. The van der Waals surface area contributed by atoms with Crippen molar-refractivity contribution in [3.63, 3.8) is 0 Å². The molecule has 0 heterocycles. The molecule has 0 radical (unpaired) electrons. The van der Waals surface area contributed by atoms with Gasteiger partial charge in [-0.15, -0.1) is 0 Å². The molecule has 1 rings (SSSR count). The maximum atomic E-state index is 11.5. The fourth-order valence-electron chi connectivity index (χ4n) is 1.05. The van der Waals surface area contributed by atoms with E-state index in [0.29, 0.717) is 23.6 Å². The van der Waals surface area contributed by atoms with Gasteiger partial charge in [0.1, 0.15) is 5.75 Å². The first-order valence-electron chi connectivity index (χ1n) is 4.54. The van der Waals surface area contributed by atoms with Crippen LogP contribution in [0.3, 0.4) is 0 Å². The summed E-state index contributed by atoms with van der Waals surface area (Å²) in [6.45, 7) is 2.17. The number of nitrogens with one attached hydrogen (secondary N) is 1. The van der Waals surface area contributed by atoms with Gasteiger partial charge in [-0.1, -0.05) is 0 Å². The average Bonchev–Trinajstić information content (AvgIpc) is 2.26. The summed E-state index contributed by atoms with van der Waals surface area (Å²) in [5.41, 5.74) is 8.63. The van der Waals surface area contributed by atoms with Gasteiger partial charge in [0.15, 0.2) is 0 Å². The largest absolute Gasteiger partial charge is 0.497 e. The van der Waals surface area contributed by atoms with Gasteiger partial charge >= 0.3 is 0 Å². The number of hydrogen-bond acceptors (Lipinski definition) is 4. The van der Waals surface area contributed by atoms with Crippen molar-refractivity contribution in [3.05, 3.63) is 23.8 Å². The van der Waals surface area contributed by atoms with Crippen molar-refractivity contribution in [2.45, 2.75) is 6.92 Å². The predicted octanol–water partition coefficient (Wildman–Crippen LogP) is 0.959. The van der Waals surface area contributed by atoms with Gasteiger partial charge < -0.3 is 10.5 Å². The van der Waals surface area contributed by atoms with Crippen LogP contribution in [0, 0.1) is 0 Å². The summed E-state index contributed by atoms with van der Waals surface area (Å²) in [7, 11) is 1.52. The molecule has 5 heteroatoms. The molecule has 5 nitrogen and oxygen atoms in total. The number of carbonyl (C=O) groups is 1. The number of amides is 1. The lowest BCUT2D eigenvalue weighted by Gasteiger charge is -2.08. The lowest BCUT2D eigenvalue weighted by Crippen LogP contribution is -2.24. The van der Waals surface area contributed by atoms with Gasteiger partial charge in [-0.2, -0.15) is 0 Å². The zero-order chi connectivity index (χ0) is 11.3. The van der Waals surface area contributed by atoms with Crippen LogP contribution in [0.5, 0.6) is 5.75 Å². The summed E-state index contributed by atoms with van der Waals surface area (Å²) in [5.74, 6) is 0.194. The van der Waals surface area contributed by atoms with Crippen LogP contribution in [0.2, 0.25) is 0 Å². The molecular weight excluding hydrogens is 196 g/mol. The minimum atomic E-state index is -0.381. The van der Waals surface area contributed by atoms with Gasteiger partial charge in [0.25, 0.3) is 5.91 Å². The van der Waals surface area contributed by atoms with E-state index in [9.17, 15) is 4.79 Å². The van der Waals surface area contributed by atoms with Gasteiger partial charge in [0.05, 0.1) is 19.3 Å². The molecule has 0 saturated carbocycles. The van der Waals surface area contributed by atoms with Crippen LogP contribution in [0.15, 0.2) is 18.2 Å². The molecule has 0 aromatic heterocycles. The first-order chi connectivity index (χ1) is 7.19. The smallest absolute Gasteiger partial charge is 0.277 e. The predicted molar refractivity (Wildman–Crippen MR) is 56.5 cm³/mol. The molecule has 15 heavy (non-hydrogen) atoms. The maximum absolute atomic E-state index is 11.5. The Morgan fingerprint density at radius 2 is 2.27 bits per heavy atom. The second kappa shape index (κ2) is 5.21. The zero-order valence-electron chi connectivity index (χ0n) is 8.74. The summed E-state index contributed by atoms with van der Waals surface area (Å²) >= 11 is 0. The summed E-state index contributed by atoms with van der Waals surface area (Å²) < 4.78 is 4.99. The number of anilines is 1. The van der Waals surface area contributed by atoms with Crippen LogP contribution in [-0.2, 0) is 4.84 Å². The SMILES string of the molecule is CCONC(=O)c1cc(OC)ccc1N. The third-order valence-electron chi connectivity index (χ3n) is 1.81. The molecule has 0 unspecified atom stereocenters. The first kappa shape index (κ1) is 11.3. The quantitative estimate of drug-likeness (QED) is 0.573. The molecule has 82 valence electrons. The minimum Gasteiger partial charge on any atom is -0.497 e. The van der Waals surface area contributed by atoms with Gasteiger partial charge in [-0.25, -0.2) is 5.48 Å². The molecule has 1 aromatic carbocycles. The summed E-state index contributed by atoms with van der Waals surface area (Å²) in [6, 6.07) is 4.86. The maximum Gasteiger partial charge on any atom is 0.277 e. The molecule has 0 fully saturated rings. The van der Waals surface area contributed by atoms with Crippen LogP contribution >= 0.6 is 0 Å². The van der Waals surface area contributed by atoms with Crippen LogP contribution < -0.4 is 16.0 Å². The Morgan fingerprint density at radius 1 is 1.53 bits per heavy atom. The Balaban J connectivity index is 2.86. The molecule has 0 aliphatic rings. The average molecular weight is 210 g/mol. The lowest BCUT2D eigenvalue weighted by atomic mass is 10.1. The number of hydrogen-bond donors (Lipinski definition) is 2. The highest BCUT2D eigenvalue weighted by atomic mass is 16.6. The third-order valence-corrected chi connectivity index (χ3v) is 1.81. The first-order valence-corrected chi connectivity index (χ1v) is 4.54. The molecule has 0 spiro atoms. The molecule has 0 bridgehead atoms. The molecule has 1 aromatic rings. The summed E-state index contributed by atoms with van der Waals surface area (Å²) in [5, 5.41) is 0. The molecule has 0 saturated heterocycles. The van der Waals surface area contributed by atoms with E-state index in [2.05, 4.69) is 5.48 Å². The number of methoxy groups -OCH3 is 1. The van der Waals surface area contributed by atoms with E-state index in [4.69, 9.17) is 15.3 Å². The van der Waals surface area contributed by atoms with Gasteiger partial charge in [-0.05, 0) is 25.1 Å². The van der Waals surface area contributed by atoms with Crippen molar-refractivity contribution in [1.29, 1.82) is 0 Å². The molecule has 0 atom stereocenters. The van der Waals surface area contributed by atoms with Gasteiger partial charge in [0.2, 0.25) is 0 Å². The second-order valence-corrected chi connectivity index (χ2v) is 2.82. The molecule has 1 amide bonds. The highest BCUT2D eigenvalue weighted by molar-refractivity contribution is 5.98. The Labute approximate surface area is 88.1 Å². The van der Waals surface area contributed by atoms with Gasteiger partial charge in [0, 0.05) is 5.69 Å². The Bertz CT molecular complexity index is 353. The van der Waals surface area contributed by atoms with Crippen LogP contribution in [0.4, 0.5) is 5.69 Å². The van der Waals surface area contributed by atoms with Crippen LogP contribution in [-0.4, -0.2) is 19.6 Å². The number of hydroxylamine groups is 1. The summed E-state index contributed by atoms with van der Waals surface area (Å²) in [6.07, 6.45) is 0. The molecule has 0 aliphatic heterocycles. The Hall–Kier alpha value is -1.75.